The molecule has 0 aliphatic heterocycles. The minimum absolute atomic E-state index is 0.108. The van der Waals surface area contributed by atoms with Gasteiger partial charge in [0.2, 0.25) is 0 Å². The van der Waals surface area contributed by atoms with Crippen molar-refractivity contribution in [1.29, 1.82) is 0 Å². The van der Waals surface area contributed by atoms with Crippen molar-refractivity contribution >= 4 is 22.8 Å². The first-order valence-corrected chi connectivity index (χ1v) is 10.0. The fourth-order valence-electron chi connectivity index (χ4n) is 3.35. The first-order valence-electron chi connectivity index (χ1n) is 10.0. The van der Waals surface area contributed by atoms with Gasteiger partial charge in [0.1, 0.15) is 12.4 Å². The lowest BCUT2D eigenvalue weighted by molar-refractivity contribution is 0.0955. The molecule has 158 valence electrons. The van der Waals surface area contributed by atoms with Crippen LogP contribution >= 0.6 is 0 Å². The zero-order chi connectivity index (χ0) is 21.6. The molecule has 2 heterocycles. The van der Waals surface area contributed by atoms with Crippen LogP contribution in [0, 0.1) is 6.92 Å². The molecule has 8 heteroatoms. The molecular weight excluding hydrogens is 392 g/mol. The predicted octanol–water partition coefficient (Wildman–Crippen LogP) is 3.11. The number of hydrogen-bond acceptors (Lipinski definition) is 6. The fraction of sp³-hybridized carbons (Fsp3) is 0.217. The molecule has 2 aromatic heterocycles. The van der Waals surface area contributed by atoms with Crippen LogP contribution in [0.5, 0.6) is 0 Å². The minimum atomic E-state index is -0.108. The Hall–Kier alpha value is -3.78. The molecule has 0 fully saturated rings. The highest BCUT2D eigenvalue weighted by Gasteiger charge is 2.17. The number of anilines is 1. The highest BCUT2D eigenvalue weighted by molar-refractivity contribution is 5.94. The number of ether oxygens (including phenoxy) is 1. The molecule has 2 N–H and O–H groups in total. The second kappa shape index (κ2) is 9.36. The summed E-state index contributed by atoms with van der Waals surface area (Å²) in [4.78, 5) is 21.5. The second-order valence-electron chi connectivity index (χ2n) is 7.00. The number of rotatable bonds is 8. The molecule has 0 aliphatic rings. The lowest BCUT2D eigenvalue weighted by Crippen LogP contribution is -2.29. The van der Waals surface area contributed by atoms with Gasteiger partial charge < -0.3 is 15.4 Å². The number of nitrogens with one attached hydrogen (secondary N) is 2. The van der Waals surface area contributed by atoms with Crippen molar-refractivity contribution in [3.8, 4) is 5.69 Å². The van der Waals surface area contributed by atoms with Crippen LogP contribution in [0.1, 0.15) is 21.9 Å². The normalized spacial score (nSPS) is 10.9. The van der Waals surface area contributed by atoms with Crippen molar-refractivity contribution in [3.63, 3.8) is 0 Å². The van der Waals surface area contributed by atoms with Crippen molar-refractivity contribution in [2.45, 2.75) is 13.5 Å². The summed E-state index contributed by atoms with van der Waals surface area (Å²) in [5.74, 6) is 1.12. The van der Waals surface area contributed by atoms with Gasteiger partial charge in [0, 0.05) is 25.8 Å². The van der Waals surface area contributed by atoms with E-state index < -0.39 is 0 Å². The number of benzene rings is 2. The topological polar surface area (TPSA) is 94.0 Å². The minimum Gasteiger partial charge on any atom is -0.377 e. The molecule has 0 saturated heterocycles. The Morgan fingerprint density at radius 2 is 1.71 bits per heavy atom. The molecule has 1 amide bonds. The molecule has 0 spiro atoms. The maximum absolute atomic E-state index is 12.2. The van der Waals surface area contributed by atoms with Crippen LogP contribution in [-0.4, -0.2) is 45.9 Å². The number of carbonyl (C=O) groups is 1. The van der Waals surface area contributed by atoms with Crippen molar-refractivity contribution in [2.24, 2.45) is 0 Å². The van der Waals surface area contributed by atoms with E-state index in [-0.39, 0.29) is 12.5 Å². The molecule has 0 saturated carbocycles. The molecule has 0 radical (unpaired) electrons. The Morgan fingerprint density at radius 1 is 1.00 bits per heavy atom. The number of nitrogens with zero attached hydrogens (tertiary/aromatic N) is 4. The van der Waals surface area contributed by atoms with Crippen molar-refractivity contribution < 1.29 is 9.53 Å². The molecule has 0 unspecified atom stereocenters. The molecule has 4 rings (SSSR count). The number of para-hydroxylation sites is 1. The number of carbonyl (C=O) groups excluding carboxylic acids is 1. The summed E-state index contributed by atoms with van der Waals surface area (Å²) in [6.07, 6.45) is 0. The summed E-state index contributed by atoms with van der Waals surface area (Å²) in [6, 6.07) is 19.0. The molecule has 2 aromatic carbocycles. The number of hydrogen-bond donors (Lipinski definition) is 2. The largest absolute Gasteiger partial charge is 0.377 e. The Morgan fingerprint density at radius 3 is 2.42 bits per heavy atom. The smallest absolute Gasteiger partial charge is 0.251 e. The highest BCUT2D eigenvalue weighted by Crippen LogP contribution is 2.26. The van der Waals surface area contributed by atoms with Gasteiger partial charge in [-0.3, -0.25) is 4.79 Å². The van der Waals surface area contributed by atoms with E-state index in [2.05, 4.69) is 25.7 Å². The third-order valence-corrected chi connectivity index (χ3v) is 4.76. The van der Waals surface area contributed by atoms with Crippen LogP contribution in [0.15, 0.2) is 60.7 Å². The summed E-state index contributed by atoms with van der Waals surface area (Å²) in [6.45, 7) is 3.18. The van der Waals surface area contributed by atoms with E-state index in [4.69, 9.17) is 4.74 Å². The van der Waals surface area contributed by atoms with Gasteiger partial charge in [-0.05, 0) is 31.2 Å². The van der Waals surface area contributed by atoms with E-state index in [0.29, 0.717) is 35.9 Å². The molecule has 0 bridgehead atoms. The van der Waals surface area contributed by atoms with E-state index in [1.165, 1.54) is 0 Å². The Bertz CT molecular complexity index is 1180. The molecule has 31 heavy (non-hydrogen) atoms. The van der Waals surface area contributed by atoms with Crippen molar-refractivity contribution in [1.82, 2.24) is 25.1 Å². The van der Waals surface area contributed by atoms with Gasteiger partial charge in [-0.1, -0.05) is 36.4 Å². The van der Waals surface area contributed by atoms with Crippen LogP contribution in [0.25, 0.3) is 16.7 Å². The van der Waals surface area contributed by atoms with E-state index in [1.54, 1.807) is 19.2 Å². The van der Waals surface area contributed by atoms with Crippen LogP contribution in [0.2, 0.25) is 0 Å². The SMILES string of the molecule is COCc1nc(NCCNC(=O)c2ccccc2)c2c(C)nn(-c3ccccc3)c2n1. The molecule has 0 atom stereocenters. The zero-order valence-electron chi connectivity index (χ0n) is 17.5. The third kappa shape index (κ3) is 4.54. The van der Waals surface area contributed by atoms with Crippen molar-refractivity contribution in [3.05, 3.63) is 77.7 Å². The number of aromatic nitrogens is 4. The lowest BCUT2D eigenvalue weighted by Gasteiger charge is -2.11. The zero-order valence-corrected chi connectivity index (χ0v) is 17.5. The van der Waals surface area contributed by atoms with E-state index in [0.717, 1.165) is 16.8 Å². The van der Waals surface area contributed by atoms with Crippen molar-refractivity contribution in [2.75, 3.05) is 25.5 Å². The quantitative estimate of drug-likeness (QED) is 0.429. The molecule has 0 aliphatic carbocycles. The summed E-state index contributed by atoms with van der Waals surface area (Å²) < 4.78 is 7.06. The van der Waals surface area contributed by atoms with Gasteiger partial charge in [-0.2, -0.15) is 5.10 Å². The monoisotopic (exact) mass is 416 g/mol. The number of methoxy groups -OCH3 is 1. The standard InChI is InChI=1S/C23H24N6O2/c1-16-20-21(24-13-14-25-23(30)17-9-5-3-6-10-17)26-19(15-31-2)27-22(20)29(28-16)18-11-7-4-8-12-18/h3-12H,13-15H2,1-2H3,(H,25,30)(H,24,26,27). The number of fused-ring (bicyclic) bond motifs is 1. The van der Waals surface area contributed by atoms with Gasteiger partial charge in [0.25, 0.3) is 5.91 Å². The van der Waals surface area contributed by atoms with Gasteiger partial charge in [-0.15, -0.1) is 0 Å². The van der Waals surface area contributed by atoms with Gasteiger partial charge in [0.05, 0.1) is 16.8 Å². The van der Waals surface area contributed by atoms with Crippen LogP contribution in [0.4, 0.5) is 5.82 Å². The van der Waals surface area contributed by atoms with Crippen LogP contribution in [-0.2, 0) is 11.3 Å². The third-order valence-electron chi connectivity index (χ3n) is 4.76. The molecule has 8 nitrogen and oxygen atoms in total. The summed E-state index contributed by atoms with van der Waals surface area (Å²) in [7, 11) is 1.61. The first-order chi connectivity index (χ1) is 15.2. The second-order valence-corrected chi connectivity index (χ2v) is 7.00. The summed E-state index contributed by atoms with van der Waals surface area (Å²) in [5.41, 5.74) is 3.08. The Balaban J connectivity index is 1.56. The van der Waals surface area contributed by atoms with Crippen LogP contribution in [0.3, 0.4) is 0 Å². The average Bonchev–Trinajstić information content (AvgIpc) is 3.14. The average molecular weight is 416 g/mol. The Kier molecular flexibility index (Phi) is 6.18. The maximum atomic E-state index is 12.2. The maximum Gasteiger partial charge on any atom is 0.251 e. The Labute approximate surface area is 180 Å². The first kappa shape index (κ1) is 20.5. The fourth-order valence-corrected chi connectivity index (χ4v) is 3.35. The van der Waals surface area contributed by atoms with Gasteiger partial charge in [-0.25, -0.2) is 14.6 Å². The summed E-state index contributed by atoms with van der Waals surface area (Å²) >= 11 is 0. The number of aryl methyl sites for hydroxylation is 1. The van der Waals surface area contributed by atoms with E-state index in [1.807, 2.05) is 60.1 Å². The van der Waals surface area contributed by atoms with Crippen LogP contribution < -0.4 is 10.6 Å². The van der Waals surface area contributed by atoms with Gasteiger partial charge in [0.15, 0.2) is 11.5 Å². The van der Waals surface area contributed by atoms with E-state index >= 15 is 0 Å². The predicted molar refractivity (Wildman–Crippen MR) is 119 cm³/mol. The number of amides is 1. The highest BCUT2D eigenvalue weighted by atomic mass is 16.5. The van der Waals surface area contributed by atoms with E-state index in [9.17, 15) is 4.79 Å². The summed E-state index contributed by atoms with van der Waals surface area (Å²) in [5, 5.41) is 11.8. The lowest BCUT2D eigenvalue weighted by atomic mass is 10.2. The van der Waals surface area contributed by atoms with Gasteiger partial charge >= 0.3 is 0 Å². The molecular formula is C23H24N6O2. The molecule has 4 aromatic rings.